The van der Waals surface area contributed by atoms with Gasteiger partial charge in [0.2, 0.25) is 11.8 Å². The van der Waals surface area contributed by atoms with E-state index in [4.69, 9.17) is 0 Å². The van der Waals surface area contributed by atoms with Crippen molar-refractivity contribution < 1.29 is 31.2 Å². The Hall–Kier alpha value is -3.25. The minimum atomic E-state index is -4.08. The highest BCUT2D eigenvalue weighted by atomic mass is 32.2. The molecule has 0 saturated carbocycles. The lowest BCUT2D eigenvalue weighted by Crippen LogP contribution is -2.52. The number of hydrogen-bond acceptors (Lipinski definition) is 7. The Balaban J connectivity index is 1.60. The first-order valence-electron chi connectivity index (χ1n) is 10.2. The van der Waals surface area contributed by atoms with Crippen LogP contribution in [0.5, 0.6) is 0 Å². The third-order valence-corrected chi connectivity index (χ3v) is 8.83. The number of piperidine rings is 1. The highest BCUT2D eigenvalue weighted by molar-refractivity contribution is 7.92. The van der Waals surface area contributed by atoms with Crippen LogP contribution in [0, 0.1) is 0 Å². The maximum Gasteiger partial charge on any atom is 0.261 e. The molecular weight excluding hydrogens is 470 g/mol. The molecule has 1 unspecified atom stereocenters. The summed E-state index contributed by atoms with van der Waals surface area (Å²) in [5.74, 6) is -1.48. The number of nitrogens with zero attached hydrogens (tertiary/aromatic N) is 1. The van der Waals surface area contributed by atoms with Crippen molar-refractivity contribution in [3.8, 4) is 0 Å². The third kappa shape index (κ3) is 4.23. The summed E-state index contributed by atoms with van der Waals surface area (Å²) in [5.41, 5.74) is 0.867. The van der Waals surface area contributed by atoms with E-state index in [-0.39, 0.29) is 46.2 Å². The number of rotatable bonds is 6. The Kier molecular flexibility index (Phi) is 5.74. The van der Waals surface area contributed by atoms with E-state index in [0.717, 1.165) is 0 Å². The van der Waals surface area contributed by atoms with Crippen molar-refractivity contribution in [3.63, 3.8) is 0 Å². The molecule has 2 aromatic carbocycles. The summed E-state index contributed by atoms with van der Waals surface area (Å²) in [4.78, 5) is 37.8. The van der Waals surface area contributed by atoms with Crippen LogP contribution in [0.1, 0.15) is 35.7 Å². The molecule has 33 heavy (non-hydrogen) atoms. The average molecular weight is 492 g/mol. The number of benzene rings is 2. The third-order valence-electron chi connectivity index (χ3n) is 5.70. The van der Waals surface area contributed by atoms with E-state index >= 15 is 0 Å². The van der Waals surface area contributed by atoms with E-state index in [9.17, 15) is 31.2 Å². The topological polar surface area (TPSA) is 147 Å². The van der Waals surface area contributed by atoms with E-state index in [1.807, 2.05) is 0 Å². The second-order valence-corrected chi connectivity index (χ2v) is 11.7. The molecule has 0 spiro atoms. The number of amides is 3. The summed E-state index contributed by atoms with van der Waals surface area (Å²) in [7, 11) is -7.55. The molecule has 1 atom stereocenters. The molecule has 2 heterocycles. The van der Waals surface area contributed by atoms with Crippen molar-refractivity contribution in [1.82, 2.24) is 10.2 Å². The molecule has 1 saturated heterocycles. The summed E-state index contributed by atoms with van der Waals surface area (Å²) in [6.07, 6.45) is 0.304. The van der Waals surface area contributed by atoms with Gasteiger partial charge >= 0.3 is 0 Å². The number of carbonyl (C=O) groups excluding carboxylic acids is 3. The zero-order chi connectivity index (χ0) is 24.0. The summed E-state index contributed by atoms with van der Waals surface area (Å²) < 4.78 is 52.2. The van der Waals surface area contributed by atoms with Crippen LogP contribution < -0.4 is 10.0 Å². The summed E-state index contributed by atoms with van der Waals surface area (Å²) in [5, 5.41) is 2.22. The zero-order valence-corrected chi connectivity index (χ0v) is 19.2. The highest BCUT2D eigenvalue weighted by Crippen LogP contribution is 2.33. The van der Waals surface area contributed by atoms with Gasteiger partial charge < -0.3 is 4.90 Å². The van der Waals surface area contributed by atoms with Crippen LogP contribution >= 0.6 is 0 Å². The lowest BCUT2D eigenvalue weighted by atomic mass is 10.0. The molecule has 10 nitrogen and oxygen atoms in total. The Labute approximate surface area is 190 Å². The first-order valence-corrected chi connectivity index (χ1v) is 13.3. The van der Waals surface area contributed by atoms with Gasteiger partial charge in [-0.3, -0.25) is 24.4 Å². The number of fused-ring (bicyclic) bond motifs is 1. The van der Waals surface area contributed by atoms with Gasteiger partial charge in [0, 0.05) is 24.1 Å². The minimum Gasteiger partial charge on any atom is -0.322 e. The molecule has 2 aromatic rings. The predicted molar refractivity (Wildman–Crippen MR) is 117 cm³/mol. The molecule has 4 rings (SSSR count). The Morgan fingerprint density at radius 3 is 2.30 bits per heavy atom. The Morgan fingerprint density at radius 1 is 1.00 bits per heavy atom. The van der Waals surface area contributed by atoms with Crippen molar-refractivity contribution in [3.05, 3.63) is 53.6 Å². The first kappa shape index (κ1) is 22.9. The quantitative estimate of drug-likeness (QED) is 0.574. The lowest BCUT2D eigenvalue weighted by molar-refractivity contribution is -0.136. The van der Waals surface area contributed by atoms with Crippen LogP contribution in [-0.2, 0) is 36.0 Å². The van der Waals surface area contributed by atoms with Crippen molar-refractivity contribution in [2.75, 3.05) is 10.5 Å². The molecule has 2 N–H and O–H groups in total. The van der Waals surface area contributed by atoms with Crippen LogP contribution in [-0.4, -0.2) is 51.3 Å². The van der Waals surface area contributed by atoms with Gasteiger partial charge in [0.05, 0.1) is 21.2 Å². The van der Waals surface area contributed by atoms with Crippen molar-refractivity contribution in [2.24, 2.45) is 0 Å². The standard InChI is InChI=1S/C21H21N3O7S2/c1-2-32(28,29)13-6-8-14(9-7-13)33(30,31)23-17-5-3-4-15-16(17)12-24(21(15)27)18-10-11-19(25)22-20(18)26/h3-9,18,23H,2,10-12H2,1H3,(H,22,25,26). The second-order valence-electron chi connectivity index (χ2n) is 7.71. The van der Waals surface area contributed by atoms with Gasteiger partial charge in [-0.2, -0.15) is 0 Å². The number of anilines is 1. The van der Waals surface area contributed by atoms with E-state index in [1.54, 1.807) is 6.07 Å². The van der Waals surface area contributed by atoms with Crippen LogP contribution in [0.2, 0.25) is 0 Å². The number of sulfone groups is 1. The maximum absolute atomic E-state index is 12.9. The Bertz CT molecular complexity index is 1370. The minimum absolute atomic E-state index is 0.00676. The monoisotopic (exact) mass is 491 g/mol. The van der Waals surface area contributed by atoms with Gasteiger partial charge in [0.1, 0.15) is 6.04 Å². The molecule has 12 heteroatoms. The summed E-state index contributed by atoms with van der Waals surface area (Å²) in [6.45, 7) is 1.50. The zero-order valence-electron chi connectivity index (χ0n) is 17.6. The Morgan fingerprint density at radius 2 is 1.67 bits per heavy atom. The van der Waals surface area contributed by atoms with Gasteiger partial charge in [-0.05, 0) is 42.8 Å². The molecule has 0 aromatic heterocycles. The number of hydrogen-bond donors (Lipinski definition) is 2. The summed E-state index contributed by atoms with van der Waals surface area (Å²) >= 11 is 0. The van der Waals surface area contributed by atoms with Crippen LogP contribution in [0.3, 0.4) is 0 Å². The molecular formula is C21H21N3O7S2. The number of carbonyl (C=O) groups is 3. The molecule has 0 radical (unpaired) electrons. The highest BCUT2D eigenvalue weighted by Gasteiger charge is 2.40. The van der Waals surface area contributed by atoms with Crippen LogP contribution in [0.15, 0.2) is 52.3 Å². The van der Waals surface area contributed by atoms with Crippen molar-refractivity contribution >= 4 is 43.3 Å². The fourth-order valence-corrected chi connectivity index (χ4v) is 5.85. The smallest absolute Gasteiger partial charge is 0.261 e. The number of nitrogens with one attached hydrogen (secondary N) is 2. The van der Waals surface area contributed by atoms with Crippen LogP contribution in [0.4, 0.5) is 5.69 Å². The van der Waals surface area contributed by atoms with E-state index in [2.05, 4.69) is 10.0 Å². The van der Waals surface area contributed by atoms with Gasteiger partial charge in [0.15, 0.2) is 9.84 Å². The molecule has 1 fully saturated rings. The van der Waals surface area contributed by atoms with Crippen LogP contribution in [0.25, 0.3) is 0 Å². The normalized spacial score (nSPS) is 18.8. The predicted octanol–water partition coefficient (Wildman–Crippen LogP) is 1.04. The first-order chi connectivity index (χ1) is 15.5. The lowest BCUT2D eigenvalue weighted by Gasteiger charge is -2.29. The van der Waals surface area contributed by atoms with E-state index < -0.39 is 43.6 Å². The second kappa shape index (κ2) is 8.27. The summed E-state index contributed by atoms with van der Waals surface area (Å²) in [6, 6.07) is 8.64. The van der Waals surface area contributed by atoms with Gasteiger partial charge in [-0.1, -0.05) is 13.0 Å². The van der Waals surface area contributed by atoms with Gasteiger partial charge in [-0.15, -0.1) is 0 Å². The SMILES string of the molecule is CCS(=O)(=O)c1ccc(S(=O)(=O)Nc2cccc3c2CN(C2CCC(=O)NC2=O)C3=O)cc1. The molecule has 2 aliphatic rings. The van der Waals surface area contributed by atoms with E-state index in [1.165, 1.54) is 48.2 Å². The van der Waals surface area contributed by atoms with Crippen molar-refractivity contribution in [1.29, 1.82) is 0 Å². The molecule has 3 amide bonds. The number of sulfonamides is 1. The molecule has 174 valence electrons. The average Bonchev–Trinajstić information content (AvgIpc) is 3.11. The molecule has 0 bridgehead atoms. The molecule has 0 aliphatic carbocycles. The van der Waals surface area contributed by atoms with Gasteiger partial charge in [-0.25, -0.2) is 16.8 Å². The largest absolute Gasteiger partial charge is 0.322 e. The fourth-order valence-electron chi connectivity index (χ4n) is 3.88. The van der Waals surface area contributed by atoms with Gasteiger partial charge in [0.25, 0.3) is 15.9 Å². The maximum atomic E-state index is 12.9. The van der Waals surface area contributed by atoms with Crippen molar-refractivity contribution in [2.45, 2.75) is 42.1 Å². The number of imide groups is 1. The van der Waals surface area contributed by atoms with E-state index in [0.29, 0.717) is 5.56 Å². The molecule has 2 aliphatic heterocycles. The fraction of sp³-hybridized carbons (Fsp3) is 0.286.